The van der Waals surface area contributed by atoms with Gasteiger partial charge in [0.2, 0.25) is 15.9 Å². The van der Waals surface area contributed by atoms with Gasteiger partial charge in [-0.3, -0.25) is 9.52 Å². The van der Waals surface area contributed by atoms with Gasteiger partial charge in [-0.25, -0.2) is 8.42 Å². The van der Waals surface area contributed by atoms with Gasteiger partial charge < -0.3 is 19.1 Å². The molecule has 0 bridgehead atoms. The number of nitrogens with zero attached hydrogens (tertiary/aromatic N) is 1. The highest BCUT2D eigenvalue weighted by molar-refractivity contribution is 7.92. The number of nitrogens with one attached hydrogen (secondary N) is 1. The third-order valence-corrected chi connectivity index (χ3v) is 6.99. The average Bonchev–Trinajstić information content (AvgIpc) is 3.29. The third kappa shape index (κ3) is 3.19. The Morgan fingerprint density at radius 3 is 2.47 bits per heavy atom. The van der Waals surface area contributed by atoms with Crippen LogP contribution in [0.3, 0.4) is 0 Å². The number of fused-ring (bicyclic) bond motifs is 5. The number of ether oxygens (including phenoxy) is 3. The molecule has 0 fully saturated rings. The molecule has 6 rings (SSSR count). The maximum Gasteiger partial charge on any atom is 0.246 e. The lowest BCUT2D eigenvalue weighted by molar-refractivity contribution is -0.122. The van der Waals surface area contributed by atoms with Gasteiger partial charge in [-0.1, -0.05) is 30.3 Å². The van der Waals surface area contributed by atoms with Crippen molar-refractivity contribution in [2.45, 2.75) is 12.0 Å². The molecule has 1 atom stereocenters. The molecule has 3 heterocycles. The fourth-order valence-corrected chi connectivity index (χ4v) is 5.55. The Labute approximate surface area is 197 Å². The van der Waals surface area contributed by atoms with Crippen molar-refractivity contribution < 1.29 is 27.4 Å². The quantitative estimate of drug-likeness (QED) is 0.620. The number of benzene rings is 3. The van der Waals surface area contributed by atoms with Gasteiger partial charge in [-0.05, 0) is 35.4 Å². The van der Waals surface area contributed by atoms with Gasteiger partial charge in [0.1, 0.15) is 31.0 Å². The summed E-state index contributed by atoms with van der Waals surface area (Å²) < 4.78 is 43.3. The maximum atomic E-state index is 14.1. The zero-order valence-electron chi connectivity index (χ0n) is 18.4. The first-order valence-electron chi connectivity index (χ1n) is 10.9. The summed E-state index contributed by atoms with van der Waals surface area (Å²) in [6.07, 6.45) is 1.11. The first kappa shape index (κ1) is 20.9. The smallest absolute Gasteiger partial charge is 0.246 e. The Morgan fingerprint density at radius 2 is 1.68 bits per heavy atom. The highest BCUT2D eigenvalue weighted by atomic mass is 32.2. The SMILES string of the molecule is CS(=O)(=O)Nc1cccc(CN2C(=O)C3(COc4cc5c(cc43)OCCO5)c3ccccc32)c1. The molecule has 174 valence electrons. The van der Waals surface area contributed by atoms with Crippen LogP contribution >= 0.6 is 0 Å². The van der Waals surface area contributed by atoms with Crippen LogP contribution in [-0.4, -0.2) is 40.4 Å². The van der Waals surface area contributed by atoms with Gasteiger partial charge in [0.05, 0.1) is 12.8 Å². The summed E-state index contributed by atoms with van der Waals surface area (Å²) in [4.78, 5) is 15.8. The van der Waals surface area contributed by atoms with Crippen LogP contribution in [0.1, 0.15) is 16.7 Å². The molecule has 34 heavy (non-hydrogen) atoms. The van der Waals surface area contributed by atoms with Crippen molar-refractivity contribution in [3.05, 3.63) is 77.4 Å². The fraction of sp³-hybridized carbons (Fsp3) is 0.240. The Bertz CT molecular complexity index is 1440. The summed E-state index contributed by atoms with van der Waals surface area (Å²) in [6.45, 7) is 1.40. The van der Waals surface area contributed by atoms with Gasteiger partial charge in [0, 0.05) is 23.0 Å². The second-order valence-corrected chi connectivity index (χ2v) is 10.4. The van der Waals surface area contributed by atoms with Crippen molar-refractivity contribution in [3.63, 3.8) is 0 Å². The topological polar surface area (TPSA) is 94.2 Å². The molecule has 0 radical (unpaired) electrons. The number of hydrogen-bond acceptors (Lipinski definition) is 6. The van der Waals surface area contributed by atoms with Gasteiger partial charge >= 0.3 is 0 Å². The molecular weight excluding hydrogens is 456 g/mol. The van der Waals surface area contributed by atoms with Crippen LogP contribution in [0.15, 0.2) is 60.7 Å². The Hall–Kier alpha value is -3.72. The molecule has 3 aromatic carbocycles. The van der Waals surface area contributed by atoms with E-state index in [-0.39, 0.29) is 19.1 Å². The average molecular weight is 479 g/mol. The van der Waals surface area contributed by atoms with Gasteiger partial charge in [-0.15, -0.1) is 0 Å². The van der Waals surface area contributed by atoms with Crippen molar-refractivity contribution in [3.8, 4) is 17.2 Å². The van der Waals surface area contributed by atoms with Gasteiger partial charge in [-0.2, -0.15) is 0 Å². The highest BCUT2D eigenvalue weighted by Gasteiger charge is 2.57. The van der Waals surface area contributed by atoms with E-state index in [2.05, 4.69) is 4.72 Å². The highest BCUT2D eigenvalue weighted by Crippen LogP contribution is 2.55. The molecule has 3 aliphatic heterocycles. The van der Waals surface area contributed by atoms with Gasteiger partial charge in [0.15, 0.2) is 11.5 Å². The Kier molecular flexibility index (Phi) is 4.54. The Morgan fingerprint density at radius 1 is 0.912 bits per heavy atom. The second kappa shape index (κ2) is 7.39. The molecule has 1 spiro atoms. The summed E-state index contributed by atoms with van der Waals surface area (Å²) in [6, 6.07) is 18.4. The van der Waals surface area contributed by atoms with Crippen LogP contribution in [0.5, 0.6) is 17.2 Å². The summed E-state index contributed by atoms with van der Waals surface area (Å²) >= 11 is 0. The summed E-state index contributed by atoms with van der Waals surface area (Å²) in [5.74, 6) is 1.75. The number of hydrogen-bond donors (Lipinski definition) is 1. The van der Waals surface area contributed by atoms with Crippen LogP contribution in [0.25, 0.3) is 0 Å². The second-order valence-electron chi connectivity index (χ2n) is 8.67. The first-order valence-corrected chi connectivity index (χ1v) is 12.8. The van der Waals surface area contributed by atoms with E-state index in [1.807, 2.05) is 36.4 Å². The molecule has 1 N–H and O–H groups in total. The number of sulfonamides is 1. The van der Waals surface area contributed by atoms with E-state index >= 15 is 0 Å². The molecule has 1 amide bonds. The maximum absolute atomic E-state index is 14.1. The lowest BCUT2D eigenvalue weighted by Crippen LogP contribution is -2.42. The predicted octanol–water partition coefficient (Wildman–Crippen LogP) is 3.05. The van der Waals surface area contributed by atoms with Crippen molar-refractivity contribution in [1.82, 2.24) is 0 Å². The molecule has 3 aliphatic rings. The molecule has 0 aliphatic carbocycles. The number of rotatable bonds is 4. The number of carbonyl (C=O) groups excluding carboxylic acids is 1. The summed E-state index contributed by atoms with van der Waals surface area (Å²) in [5, 5.41) is 0. The molecule has 0 saturated heterocycles. The van der Waals surface area contributed by atoms with Gasteiger partial charge in [0.25, 0.3) is 0 Å². The molecule has 0 aromatic heterocycles. The van der Waals surface area contributed by atoms with E-state index in [1.54, 1.807) is 29.2 Å². The lowest BCUT2D eigenvalue weighted by Gasteiger charge is -2.25. The summed E-state index contributed by atoms with van der Waals surface area (Å²) in [5.41, 5.74) is 2.72. The zero-order chi connectivity index (χ0) is 23.5. The number of anilines is 2. The normalized spacial score (nSPS) is 20.1. The minimum Gasteiger partial charge on any atom is -0.491 e. The van der Waals surface area contributed by atoms with Crippen LogP contribution in [-0.2, 0) is 26.8 Å². The fourth-order valence-electron chi connectivity index (χ4n) is 5.00. The molecule has 9 heteroatoms. The number of amides is 1. The van der Waals surface area contributed by atoms with E-state index in [9.17, 15) is 13.2 Å². The molecular formula is C25H22N2O6S. The van der Waals surface area contributed by atoms with Crippen molar-refractivity contribution in [2.24, 2.45) is 0 Å². The van der Waals surface area contributed by atoms with E-state index in [0.717, 1.165) is 28.6 Å². The largest absolute Gasteiger partial charge is 0.491 e. The van der Waals surface area contributed by atoms with Crippen LogP contribution in [0, 0.1) is 0 Å². The molecule has 8 nitrogen and oxygen atoms in total. The van der Waals surface area contributed by atoms with Crippen molar-refractivity contribution in [1.29, 1.82) is 0 Å². The van der Waals surface area contributed by atoms with Crippen LogP contribution < -0.4 is 23.8 Å². The first-order chi connectivity index (χ1) is 16.3. The van der Waals surface area contributed by atoms with E-state index < -0.39 is 15.4 Å². The number of para-hydroxylation sites is 1. The minimum absolute atomic E-state index is 0.0920. The minimum atomic E-state index is -3.41. The summed E-state index contributed by atoms with van der Waals surface area (Å²) in [7, 11) is -3.41. The third-order valence-electron chi connectivity index (χ3n) is 6.38. The molecule has 1 unspecified atom stereocenters. The molecule has 0 saturated carbocycles. The zero-order valence-corrected chi connectivity index (χ0v) is 19.2. The Balaban J connectivity index is 1.42. The monoisotopic (exact) mass is 478 g/mol. The molecule has 3 aromatic rings. The van der Waals surface area contributed by atoms with E-state index in [0.29, 0.717) is 36.1 Å². The standard InChI is InChI=1S/C25H22N2O6S/c1-34(29,30)26-17-6-4-5-16(11-17)14-27-20-8-3-2-7-18(20)25(24(27)28)15-33-21-13-23-22(12-19(21)25)31-9-10-32-23/h2-8,11-13,26H,9-10,14-15H2,1H3. The van der Waals surface area contributed by atoms with Crippen molar-refractivity contribution >= 4 is 27.3 Å². The lowest BCUT2D eigenvalue weighted by atomic mass is 9.77. The van der Waals surface area contributed by atoms with E-state index in [4.69, 9.17) is 14.2 Å². The predicted molar refractivity (Wildman–Crippen MR) is 126 cm³/mol. The number of carbonyl (C=O) groups is 1. The van der Waals surface area contributed by atoms with Crippen LogP contribution in [0.2, 0.25) is 0 Å². The van der Waals surface area contributed by atoms with Crippen molar-refractivity contribution in [2.75, 3.05) is 35.7 Å². The van der Waals surface area contributed by atoms with Crippen LogP contribution in [0.4, 0.5) is 11.4 Å². The van der Waals surface area contributed by atoms with E-state index in [1.165, 1.54) is 0 Å².